The maximum absolute atomic E-state index is 12.1. The molecule has 0 saturated heterocycles. The van der Waals surface area contributed by atoms with E-state index in [0.717, 1.165) is 57.9 Å². The van der Waals surface area contributed by atoms with Gasteiger partial charge in [-0.05, 0) is 66.3 Å². The van der Waals surface area contributed by atoms with Crippen molar-refractivity contribution in [1.82, 2.24) is 4.57 Å². The summed E-state index contributed by atoms with van der Waals surface area (Å²) in [4.78, 5) is 21.9. The molecule has 3 aromatic rings. The van der Waals surface area contributed by atoms with Gasteiger partial charge in [0, 0.05) is 42.4 Å². The van der Waals surface area contributed by atoms with Crippen molar-refractivity contribution in [3.05, 3.63) is 88.3 Å². The Labute approximate surface area is 240 Å². The van der Waals surface area contributed by atoms with Crippen LogP contribution >= 0.6 is 0 Å². The standard InChI is InChI=1S/C29H29NO5.C4H8O2/c1-33-27-15-19-12-13-30-25(10-11-29(32)35-3)24(16-26(30)23(19)17-28(27)34-2)22-9-8-20(31)14-18-6-4-5-7-21(18)22;1-3-6-4(2)5/h4-9,15-17,31H,10-14H2,1-3H3;3H2,1-2H3. The number of carbonyl (C=O) groups excluding carboxylic acids is 2. The molecule has 0 amide bonds. The maximum atomic E-state index is 12.1. The van der Waals surface area contributed by atoms with Crippen LogP contribution in [0.3, 0.4) is 0 Å². The van der Waals surface area contributed by atoms with E-state index in [-0.39, 0.29) is 11.9 Å². The van der Waals surface area contributed by atoms with E-state index in [4.69, 9.17) is 14.2 Å². The molecular weight excluding hydrogens is 522 g/mol. The van der Waals surface area contributed by atoms with Gasteiger partial charge >= 0.3 is 11.9 Å². The van der Waals surface area contributed by atoms with Crippen molar-refractivity contribution < 1.29 is 33.6 Å². The Hall–Kier alpha value is -4.46. The van der Waals surface area contributed by atoms with Crippen LogP contribution in [0, 0.1) is 0 Å². The Morgan fingerprint density at radius 1 is 0.927 bits per heavy atom. The monoisotopic (exact) mass is 559 g/mol. The van der Waals surface area contributed by atoms with Crippen LogP contribution in [0.2, 0.25) is 0 Å². The second-order valence-electron chi connectivity index (χ2n) is 9.73. The topological polar surface area (TPSA) is 96.2 Å². The quantitative estimate of drug-likeness (QED) is 0.364. The summed E-state index contributed by atoms with van der Waals surface area (Å²) >= 11 is 0. The van der Waals surface area contributed by atoms with Gasteiger partial charge < -0.3 is 28.6 Å². The van der Waals surface area contributed by atoms with Gasteiger partial charge in [-0.25, -0.2) is 0 Å². The van der Waals surface area contributed by atoms with Crippen LogP contribution in [0.25, 0.3) is 16.8 Å². The summed E-state index contributed by atoms with van der Waals surface area (Å²) < 4.78 is 22.8. The van der Waals surface area contributed by atoms with Gasteiger partial charge in [0.05, 0.1) is 40.1 Å². The molecule has 216 valence electrons. The summed E-state index contributed by atoms with van der Waals surface area (Å²) in [5.41, 5.74) is 8.72. The molecule has 1 aromatic heterocycles. The van der Waals surface area contributed by atoms with Crippen molar-refractivity contribution in [2.45, 2.75) is 46.1 Å². The van der Waals surface area contributed by atoms with Gasteiger partial charge in [-0.15, -0.1) is 0 Å². The lowest BCUT2D eigenvalue weighted by Crippen LogP contribution is -2.15. The van der Waals surface area contributed by atoms with Crippen LogP contribution in [0.5, 0.6) is 11.5 Å². The molecule has 5 rings (SSSR count). The lowest BCUT2D eigenvalue weighted by atomic mass is 9.92. The lowest BCUT2D eigenvalue weighted by molar-refractivity contribution is -0.141. The van der Waals surface area contributed by atoms with Crippen molar-refractivity contribution in [3.8, 4) is 22.8 Å². The fourth-order valence-electron chi connectivity index (χ4n) is 5.39. The minimum absolute atomic E-state index is 0.211. The zero-order valence-corrected chi connectivity index (χ0v) is 24.3. The summed E-state index contributed by atoms with van der Waals surface area (Å²) in [5, 5.41) is 10.4. The average molecular weight is 560 g/mol. The summed E-state index contributed by atoms with van der Waals surface area (Å²) in [6.07, 6.45) is 5.94. The van der Waals surface area contributed by atoms with E-state index in [1.54, 1.807) is 27.2 Å². The normalized spacial score (nSPS) is 13.1. The number of esters is 2. The molecule has 2 heterocycles. The number of allylic oxidation sites excluding steroid dienone is 3. The smallest absolute Gasteiger partial charge is 0.305 e. The van der Waals surface area contributed by atoms with E-state index >= 15 is 0 Å². The highest BCUT2D eigenvalue weighted by molar-refractivity contribution is 5.87. The molecule has 8 nitrogen and oxygen atoms in total. The number of aryl methyl sites for hydroxylation is 1. The van der Waals surface area contributed by atoms with E-state index in [9.17, 15) is 14.7 Å². The molecule has 0 saturated carbocycles. The number of aliphatic hydroxyl groups excluding tert-OH is 1. The Morgan fingerprint density at radius 2 is 1.66 bits per heavy atom. The first-order chi connectivity index (χ1) is 19.8. The number of hydrogen-bond donors (Lipinski definition) is 1. The molecule has 0 atom stereocenters. The molecule has 0 unspecified atom stereocenters. The number of benzene rings is 2. The van der Waals surface area contributed by atoms with Crippen molar-refractivity contribution in [1.29, 1.82) is 0 Å². The second kappa shape index (κ2) is 13.3. The largest absolute Gasteiger partial charge is 0.512 e. The van der Waals surface area contributed by atoms with Crippen LogP contribution in [0.1, 0.15) is 48.2 Å². The van der Waals surface area contributed by atoms with E-state index < -0.39 is 0 Å². The SMILES string of the molecule is CCOC(C)=O.COC(=O)CCc1c(C2=CC=C(O)Cc3ccccc32)cc2n1CCc1cc(OC)c(OC)cc1-2. The van der Waals surface area contributed by atoms with Crippen LogP contribution in [-0.4, -0.2) is 49.5 Å². The average Bonchev–Trinajstić information content (AvgIpc) is 3.25. The number of ether oxygens (including phenoxy) is 4. The summed E-state index contributed by atoms with van der Waals surface area (Å²) in [6, 6.07) is 14.5. The van der Waals surface area contributed by atoms with Gasteiger partial charge in [0.15, 0.2) is 11.5 Å². The van der Waals surface area contributed by atoms with Crippen LogP contribution in [-0.2, 0) is 44.9 Å². The van der Waals surface area contributed by atoms with Crippen LogP contribution < -0.4 is 9.47 Å². The van der Waals surface area contributed by atoms with Crippen LogP contribution in [0.15, 0.2) is 60.4 Å². The summed E-state index contributed by atoms with van der Waals surface area (Å²) in [7, 11) is 4.72. The van der Waals surface area contributed by atoms with Gasteiger partial charge in [0.25, 0.3) is 0 Å². The van der Waals surface area contributed by atoms with E-state index in [2.05, 4.69) is 33.6 Å². The molecule has 0 fully saturated rings. The van der Waals surface area contributed by atoms with Gasteiger partial charge in [-0.3, -0.25) is 9.59 Å². The Kier molecular flexibility index (Phi) is 9.55. The number of fused-ring (bicyclic) bond motifs is 4. The molecule has 1 N–H and O–H groups in total. The second-order valence-corrected chi connectivity index (χ2v) is 9.73. The molecule has 2 aromatic carbocycles. The van der Waals surface area contributed by atoms with Crippen molar-refractivity contribution in [2.75, 3.05) is 27.9 Å². The molecule has 2 aliphatic rings. The fourth-order valence-corrected chi connectivity index (χ4v) is 5.39. The van der Waals surface area contributed by atoms with E-state index in [1.807, 2.05) is 24.3 Å². The minimum atomic E-state index is -0.234. The van der Waals surface area contributed by atoms with Gasteiger partial charge in [-0.2, -0.15) is 0 Å². The molecule has 1 aliphatic carbocycles. The summed E-state index contributed by atoms with van der Waals surface area (Å²) in [5.74, 6) is 1.29. The number of methoxy groups -OCH3 is 3. The van der Waals surface area contributed by atoms with Crippen molar-refractivity contribution in [2.24, 2.45) is 0 Å². The fraction of sp³-hybridized carbons (Fsp3) is 0.333. The molecule has 41 heavy (non-hydrogen) atoms. The Bertz CT molecular complexity index is 1500. The maximum Gasteiger partial charge on any atom is 0.305 e. The highest BCUT2D eigenvalue weighted by Gasteiger charge is 2.27. The number of nitrogens with zero attached hydrogens (tertiary/aromatic N) is 1. The van der Waals surface area contributed by atoms with Crippen molar-refractivity contribution in [3.63, 3.8) is 0 Å². The number of rotatable bonds is 7. The van der Waals surface area contributed by atoms with Gasteiger partial charge in [0.2, 0.25) is 0 Å². The molecule has 1 aliphatic heterocycles. The number of hydrogen-bond acceptors (Lipinski definition) is 7. The highest BCUT2D eigenvalue weighted by atomic mass is 16.5. The highest BCUT2D eigenvalue weighted by Crippen LogP contribution is 2.43. The number of aromatic nitrogens is 1. The van der Waals surface area contributed by atoms with Crippen LogP contribution in [0.4, 0.5) is 0 Å². The third kappa shape index (κ3) is 6.48. The molecule has 0 spiro atoms. The Morgan fingerprint density at radius 3 is 2.32 bits per heavy atom. The summed E-state index contributed by atoms with van der Waals surface area (Å²) in [6.45, 7) is 4.45. The first-order valence-electron chi connectivity index (χ1n) is 13.7. The first kappa shape index (κ1) is 29.5. The van der Waals surface area contributed by atoms with Gasteiger partial charge in [0.1, 0.15) is 0 Å². The van der Waals surface area contributed by atoms with Gasteiger partial charge in [-0.1, -0.05) is 30.3 Å². The minimum Gasteiger partial charge on any atom is -0.512 e. The molecule has 8 heteroatoms. The predicted molar refractivity (Wildman–Crippen MR) is 157 cm³/mol. The Balaban J connectivity index is 0.000000585. The third-order valence-electron chi connectivity index (χ3n) is 7.25. The number of aliphatic hydroxyl groups is 1. The lowest BCUT2D eigenvalue weighted by Gasteiger charge is -2.23. The van der Waals surface area contributed by atoms with E-state index in [0.29, 0.717) is 37.4 Å². The zero-order chi connectivity index (χ0) is 29.5. The van der Waals surface area contributed by atoms with Crippen molar-refractivity contribution >= 4 is 17.5 Å². The molecule has 0 bridgehead atoms. The first-order valence-corrected chi connectivity index (χ1v) is 13.7. The molecule has 0 radical (unpaired) electrons. The molecular formula is C33H37NO7. The predicted octanol–water partition coefficient (Wildman–Crippen LogP) is 5.83. The number of carbonyl (C=O) groups is 2. The van der Waals surface area contributed by atoms with E-state index in [1.165, 1.54) is 19.6 Å². The third-order valence-corrected chi connectivity index (χ3v) is 7.25. The zero-order valence-electron chi connectivity index (χ0n) is 24.3.